The van der Waals surface area contributed by atoms with Crippen molar-refractivity contribution in [2.24, 2.45) is 0 Å². The smallest absolute Gasteiger partial charge is 0.300 e. The Hall–Kier alpha value is -3.94. The van der Waals surface area contributed by atoms with Gasteiger partial charge in [-0.15, -0.1) is 0 Å². The van der Waals surface area contributed by atoms with Crippen LogP contribution >= 0.6 is 0 Å². The van der Waals surface area contributed by atoms with Crippen molar-refractivity contribution in [3.8, 4) is 5.75 Å². The summed E-state index contributed by atoms with van der Waals surface area (Å²) < 4.78 is 38.7. The molecule has 1 fully saturated rings. The van der Waals surface area contributed by atoms with Crippen LogP contribution in [0.1, 0.15) is 34.3 Å². The Balaban J connectivity index is 2.00. The first-order valence-electron chi connectivity index (χ1n) is 10.1. The maximum absolute atomic E-state index is 14.0. The van der Waals surface area contributed by atoms with Gasteiger partial charge in [0.05, 0.1) is 18.2 Å². The number of halogens is 2. The predicted octanol–water partition coefficient (Wildman–Crippen LogP) is 5.12. The number of furan rings is 1. The van der Waals surface area contributed by atoms with Gasteiger partial charge in [0.25, 0.3) is 11.7 Å². The third-order valence-corrected chi connectivity index (χ3v) is 5.53. The number of nitrogens with zero attached hydrogens (tertiary/aromatic N) is 1. The zero-order valence-electron chi connectivity index (χ0n) is 18.4. The fourth-order valence-electron chi connectivity index (χ4n) is 4.15. The third kappa shape index (κ3) is 3.67. The van der Waals surface area contributed by atoms with E-state index >= 15 is 0 Å². The summed E-state index contributed by atoms with van der Waals surface area (Å²) in [5.41, 5.74) is 1.45. The SMILES string of the molecule is COc1c(C)cc(C)cc1/C(O)=C1\C(=O)C(=O)N(c2ccc(F)c(F)c2)C1c1ccc(C)o1. The van der Waals surface area contributed by atoms with Crippen LogP contribution in [0.2, 0.25) is 0 Å². The minimum atomic E-state index is -1.20. The summed E-state index contributed by atoms with van der Waals surface area (Å²) in [6.07, 6.45) is 0. The molecule has 2 aromatic carbocycles. The summed E-state index contributed by atoms with van der Waals surface area (Å²) in [5, 5.41) is 11.3. The molecule has 170 valence electrons. The first-order chi connectivity index (χ1) is 15.6. The Kier molecular flexibility index (Phi) is 5.53. The molecule has 1 atom stereocenters. The van der Waals surface area contributed by atoms with Crippen LogP contribution in [-0.4, -0.2) is 23.9 Å². The Morgan fingerprint density at radius 1 is 1.03 bits per heavy atom. The van der Waals surface area contributed by atoms with E-state index in [1.807, 2.05) is 13.0 Å². The number of ether oxygens (including phenoxy) is 1. The fraction of sp³-hybridized carbons (Fsp3) is 0.200. The Morgan fingerprint density at radius 2 is 1.76 bits per heavy atom. The Labute approximate surface area is 188 Å². The zero-order chi connectivity index (χ0) is 24.0. The van der Waals surface area contributed by atoms with E-state index < -0.39 is 35.1 Å². The lowest BCUT2D eigenvalue weighted by molar-refractivity contribution is -0.132. The van der Waals surface area contributed by atoms with Crippen LogP contribution in [0.15, 0.2) is 52.5 Å². The van der Waals surface area contributed by atoms with Crippen molar-refractivity contribution >= 4 is 23.1 Å². The number of rotatable bonds is 4. The summed E-state index contributed by atoms with van der Waals surface area (Å²) >= 11 is 0. The van der Waals surface area contributed by atoms with Crippen LogP contribution in [0.25, 0.3) is 5.76 Å². The number of amides is 1. The van der Waals surface area contributed by atoms with E-state index in [-0.39, 0.29) is 22.6 Å². The van der Waals surface area contributed by atoms with Crippen LogP contribution in [0.4, 0.5) is 14.5 Å². The number of carbonyl (C=O) groups excluding carboxylic acids is 2. The summed E-state index contributed by atoms with van der Waals surface area (Å²) in [4.78, 5) is 27.2. The molecule has 4 rings (SSSR count). The molecule has 0 spiro atoms. The number of Topliss-reactive ketones (excluding diaryl/α,β-unsaturated/α-hetero) is 1. The van der Waals surface area contributed by atoms with Gasteiger partial charge < -0.3 is 14.3 Å². The van der Waals surface area contributed by atoms with Gasteiger partial charge >= 0.3 is 0 Å². The highest BCUT2D eigenvalue weighted by Gasteiger charge is 2.48. The van der Waals surface area contributed by atoms with E-state index in [9.17, 15) is 23.5 Å². The maximum atomic E-state index is 14.0. The summed E-state index contributed by atoms with van der Waals surface area (Å²) in [7, 11) is 1.43. The monoisotopic (exact) mass is 453 g/mol. The number of anilines is 1. The molecule has 0 saturated carbocycles. The number of aryl methyl sites for hydroxylation is 3. The van der Waals surface area contributed by atoms with Crippen LogP contribution in [0.5, 0.6) is 5.75 Å². The van der Waals surface area contributed by atoms with Crippen molar-refractivity contribution in [3.63, 3.8) is 0 Å². The number of aliphatic hydroxyl groups excluding tert-OH is 1. The predicted molar refractivity (Wildman–Crippen MR) is 117 cm³/mol. The topological polar surface area (TPSA) is 80.0 Å². The standard InChI is InChI=1S/C25H21F2NO5/c1-12-9-13(2)24(32-4)16(10-12)22(29)20-21(19-8-5-14(3)33-19)28(25(31)23(20)30)15-6-7-17(26)18(27)11-15/h5-11,21,29H,1-4H3/b22-20+. The number of aliphatic hydroxyl groups is 1. The summed E-state index contributed by atoms with van der Waals surface area (Å²) in [5.74, 6) is -3.71. The minimum absolute atomic E-state index is 0.0542. The molecule has 6 nitrogen and oxygen atoms in total. The second-order valence-electron chi connectivity index (χ2n) is 7.88. The molecule has 0 bridgehead atoms. The van der Waals surface area contributed by atoms with E-state index in [0.29, 0.717) is 11.5 Å². The van der Waals surface area contributed by atoms with Crippen molar-refractivity contribution in [2.45, 2.75) is 26.8 Å². The molecule has 1 aliphatic heterocycles. The number of carbonyl (C=O) groups is 2. The molecular formula is C25H21F2NO5. The van der Waals surface area contributed by atoms with E-state index in [2.05, 4.69) is 0 Å². The molecule has 1 aromatic heterocycles. The van der Waals surface area contributed by atoms with Gasteiger partial charge in [0.15, 0.2) is 11.6 Å². The van der Waals surface area contributed by atoms with Gasteiger partial charge in [-0.3, -0.25) is 14.5 Å². The van der Waals surface area contributed by atoms with Crippen molar-refractivity contribution in [1.82, 2.24) is 0 Å². The second kappa shape index (κ2) is 8.20. The van der Waals surface area contributed by atoms with Crippen LogP contribution in [0, 0.1) is 32.4 Å². The first kappa shape index (κ1) is 22.3. The first-order valence-corrected chi connectivity index (χ1v) is 10.1. The lowest BCUT2D eigenvalue weighted by Crippen LogP contribution is -2.29. The van der Waals surface area contributed by atoms with Crippen molar-refractivity contribution in [3.05, 3.63) is 87.9 Å². The number of benzene rings is 2. The molecule has 2 heterocycles. The van der Waals surface area contributed by atoms with Crippen LogP contribution in [0.3, 0.4) is 0 Å². The number of hydrogen-bond donors (Lipinski definition) is 1. The molecule has 3 aromatic rings. The summed E-state index contributed by atoms with van der Waals surface area (Å²) in [6, 6.07) is 8.35. The van der Waals surface area contributed by atoms with Gasteiger partial charge in [-0.05, 0) is 62.2 Å². The van der Waals surface area contributed by atoms with Crippen molar-refractivity contribution in [1.29, 1.82) is 0 Å². The van der Waals surface area contributed by atoms with E-state index in [1.165, 1.54) is 13.2 Å². The Bertz CT molecular complexity index is 1320. The minimum Gasteiger partial charge on any atom is -0.507 e. The molecule has 1 amide bonds. The zero-order valence-corrected chi connectivity index (χ0v) is 18.4. The van der Waals surface area contributed by atoms with Gasteiger partial charge in [0, 0.05) is 11.8 Å². The van der Waals surface area contributed by atoms with Gasteiger partial charge in [0.2, 0.25) is 0 Å². The maximum Gasteiger partial charge on any atom is 0.300 e. The van der Waals surface area contributed by atoms with Crippen molar-refractivity contribution in [2.75, 3.05) is 12.0 Å². The molecule has 1 saturated heterocycles. The largest absolute Gasteiger partial charge is 0.507 e. The molecule has 8 heteroatoms. The lowest BCUT2D eigenvalue weighted by Gasteiger charge is -2.24. The van der Waals surface area contributed by atoms with Gasteiger partial charge in [0.1, 0.15) is 29.1 Å². The van der Waals surface area contributed by atoms with Crippen LogP contribution < -0.4 is 9.64 Å². The molecule has 33 heavy (non-hydrogen) atoms. The molecule has 1 aliphatic rings. The quantitative estimate of drug-likeness (QED) is 0.337. The molecule has 0 radical (unpaired) electrons. The van der Waals surface area contributed by atoms with E-state index in [1.54, 1.807) is 32.0 Å². The second-order valence-corrected chi connectivity index (χ2v) is 7.88. The van der Waals surface area contributed by atoms with Gasteiger partial charge in [-0.2, -0.15) is 0 Å². The average molecular weight is 453 g/mol. The molecular weight excluding hydrogens is 432 g/mol. The number of methoxy groups -OCH3 is 1. The fourth-order valence-corrected chi connectivity index (χ4v) is 4.15. The van der Waals surface area contributed by atoms with E-state index in [0.717, 1.165) is 28.2 Å². The Morgan fingerprint density at radius 3 is 2.36 bits per heavy atom. The highest BCUT2D eigenvalue weighted by atomic mass is 19.2. The lowest BCUT2D eigenvalue weighted by atomic mass is 9.96. The van der Waals surface area contributed by atoms with Gasteiger partial charge in [-0.25, -0.2) is 8.78 Å². The molecule has 1 N–H and O–H groups in total. The third-order valence-electron chi connectivity index (χ3n) is 5.53. The molecule has 0 aliphatic carbocycles. The number of hydrogen-bond acceptors (Lipinski definition) is 5. The van der Waals surface area contributed by atoms with Gasteiger partial charge in [-0.1, -0.05) is 6.07 Å². The van der Waals surface area contributed by atoms with E-state index in [4.69, 9.17) is 9.15 Å². The normalized spacial score (nSPS) is 17.6. The summed E-state index contributed by atoms with van der Waals surface area (Å²) in [6.45, 7) is 5.28. The van der Waals surface area contributed by atoms with Crippen molar-refractivity contribution < 1.29 is 32.6 Å². The molecule has 1 unspecified atom stereocenters. The highest BCUT2D eigenvalue weighted by molar-refractivity contribution is 6.51. The average Bonchev–Trinajstić information content (AvgIpc) is 3.30. The van der Waals surface area contributed by atoms with Crippen LogP contribution in [-0.2, 0) is 9.59 Å². The number of ketones is 1. The highest BCUT2D eigenvalue weighted by Crippen LogP contribution is 2.44.